The summed E-state index contributed by atoms with van der Waals surface area (Å²) in [4.78, 5) is 15.2. The summed E-state index contributed by atoms with van der Waals surface area (Å²) in [6.45, 7) is 3.40. The van der Waals surface area contributed by atoms with Gasteiger partial charge in [-0.3, -0.25) is 4.79 Å². The summed E-state index contributed by atoms with van der Waals surface area (Å²) in [5.74, 6) is 6.25. The smallest absolute Gasteiger partial charge is 0.252 e. The molecule has 0 aliphatic carbocycles. The Hall–Kier alpha value is -1.35. The molecule has 2 heterocycles. The lowest BCUT2D eigenvalue weighted by Gasteiger charge is -2.22. The second-order valence-electron chi connectivity index (χ2n) is 5.33. The summed E-state index contributed by atoms with van der Waals surface area (Å²) in [6, 6.07) is 2.00. The monoisotopic (exact) mass is 307 g/mol. The first kappa shape index (κ1) is 16.0. The number of carbonyl (C=O) groups is 1. The van der Waals surface area contributed by atoms with Crippen LogP contribution in [0.3, 0.4) is 0 Å². The molecule has 1 saturated heterocycles. The number of nitrogens with zero attached hydrogens (tertiary/aromatic N) is 1. The molecule has 1 aliphatic rings. The van der Waals surface area contributed by atoms with Gasteiger partial charge in [-0.2, -0.15) is 0 Å². The SMILES string of the molecule is CC1CCOC1C(=O)N(C)Cc1cc(C#CCCO)cs1. The van der Waals surface area contributed by atoms with Crippen LogP contribution in [0.4, 0.5) is 0 Å². The highest BCUT2D eigenvalue weighted by Gasteiger charge is 2.32. The van der Waals surface area contributed by atoms with Crippen molar-refractivity contribution in [2.45, 2.75) is 32.4 Å². The Labute approximate surface area is 129 Å². The standard InChI is InChI=1S/C16H21NO3S/c1-12-6-8-20-15(12)16(19)17(2)10-14-9-13(11-21-14)5-3-4-7-18/h9,11-12,15,18H,4,6-8,10H2,1-2H3. The lowest BCUT2D eigenvalue weighted by molar-refractivity contribution is -0.141. The summed E-state index contributed by atoms with van der Waals surface area (Å²) in [5.41, 5.74) is 0.940. The van der Waals surface area contributed by atoms with E-state index < -0.39 is 0 Å². The molecule has 21 heavy (non-hydrogen) atoms. The van der Waals surface area contributed by atoms with E-state index in [1.54, 1.807) is 16.2 Å². The van der Waals surface area contributed by atoms with Crippen molar-refractivity contribution in [3.05, 3.63) is 21.9 Å². The second-order valence-corrected chi connectivity index (χ2v) is 6.32. The van der Waals surface area contributed by atoms with E-state index in [0.29, 0.717) is 25.5 Å². The van der Waals surface area contributed by atoms with E-state index in [0.717, 1.165) is 16.9 Å². The molecule has 1 aromatic rings. The molecule has 0 aromatic carbocycles. The first-order chi connectivity index (χ1) is 10.1. The number of ether oxygens (including phenoxy) is 1. The maximum Gasteiger partial charge on any atom is 0.252 e. The maximum absolute atomic E-state index is 12.3. The van der Waals surface area contributed by atoms with Crippen LogP contribution in [0.25, 0.3) is 0 Å². The van der Waals surface area contributed by atoms with E-state index in [2.05, 4.69) is 18.8 Å². The Morgan fingerprint density at radius 3 is 3.10 bits per heavy atom. The highest BCUT2D eigenvalue weighted by Crippen LogP contribution is 2.23. The fourth-order valence-corrected chi connectivity index (χ4v) is 3.16. The molecular formula is C16H21NO3S. The molecule has 114 valence electrons. The Balaban J connectivity index is 1.92. The zero-order valence-corrected chi connectivity index (χ0v) is 13.3. The van der Waals surface area contributed by atoms with E-state index in [-0.39, 0.29) is 18.6 Å². The largest absolute Gasteiger partial charge is 0.395 e. The number of rotatable bonds is 4. The molecule has 1 N–H and O–H groups in total. The van der Waals surface area contributed by atoms with Gasteiger partial charge < -0.3 is 14.7 Å². The number of hydrogen-bond acceptors (Lipinski definition) is 4. The molecule has 5 heteroatoms. The Bertz CT molecular complexity index is 543. The van der Waals surface area contributed by atoms with Crippen molar-refractivity contribution < 1.29 is 14.6 Å². The average molecular weight is 307 g/mol. The molecule has 4 nitrogen and oxygen atoms in total. The normalized spacial score (nSPS) is 20.9. The summed E-state index contributed by atoms with van der Waals surface area (Å²) < 4.78 is 5.52. The molecule has 0 bridgehead atoms. The molecule has 0 saturated carbocycles. The second kappa shape index (κ2) is 7.60. The van der Waals surface area contributed by atoms with Crippen molar-refractivity contribution >= 4 is 17.2 Å². The summed E-state index contributed by atoms with van der Waals surface area (Å²) in [6.07, 6.45) is 1.15. The van der Waals surface area contributed by atoms with Crippen LogP contribution < -0.4 is 0 Å². The Morgan fingerprint density at radius 1 is 1.62 bits per heavy atom. The van der Waals surface area contributed by atoms with E-state index >= 15 is 0 Å². The van der Waals surface area contributed by atoms with Crippen LogP contribution in [-0.4, -0.2) is 42.3 Å². The molecule has 0 radical (unpaired) electrons. The van der Waals surface area contributed by atoms with Crippen LogP contribution in [0.5, 0.6) is 0 Å². The van der Waals surface area contributed by atoms with Crippen molar-refractivity contribution in [2.24, 2.45) is 5.92 Å². The number of aliphatic hydroxyl groups excluding tert-OH is 1. The topological polar surface area (TPSA) is 49.8 Å². The van der Waals surface area contributed by atoms with E-state index in [1.165, 1.54) is 0 Å². The average Bonchev–Trinajstić information content (AvgIpc) is 3.07. The summed E-state index contributed by atoms with van der Waals surface area (Å²) >= 11 is 1.60. The van der Waals surface area contributed by atoms with Gasteiger partial charge in [0.2, 0.25) is 0 Å². The van der Waals surface area contributed by atoms with Crippen molar-refractivity contribution in [3.8, 4) is 11.8 Å². The fourth-order valence-electron chi connectivity index (χ4n) is 2.29. The Morgan fingerprint density at radius 2 is 2.43 bits per heavy atom. The van der Waals surface area contributed by atoms with Crippen molar-refractivity contribution in [3.63, 3.8) is 0 Å². The van der Waals surface area contributed by atoms with Gasteiger partial charge >= 0.3 is 0 Å². The minimum absolute atomic E-state index is 0.0568. The van der Waals surface area contributed by atoms with Gasteiger partial charge in [0.05, 0.1) is 13.2 Å². The molecule has 1 aliphatic heterocycles. The third-order valence-corrected chi connectivity index (χ3v) is 4.44. The minimum atomic E-state index is -0.293. The van der Waals surface area contributed by atoms with E-state index in [9.17, 15) is 4.79 Å². The zero-order chi connectivity index (χ0) is 15.2. The van der Waals surface area contributed by atoms with Gasteiger partial charge in [-0.25, -0.2) is 0 Å². The third-order valence-electron chi connectivity index (χ3n) is 3.52. The van der Waals surface area contributed by atoms with Gasteiger partial charge in [0.1, 0.15) is 6.10 Å². The molecule has 2 unspecified atom stereocenters. The van der Waals surface area contributed by atoms with Crippen LogP contribution in [0.1, 0.15) is 30.2 Å². The van der Waals surface area contributed by atoms with E-state index in [1.807, 2.05) is 18.5 Å². The summed E-state index contributed by atoms with van der Waals surface area (Å²) in [7, 11) is 1.81. The first-order valence-electron chi connectivity index (χ1n) is 7.15. The first-order valence-corrected chi connectivity index (χ1v) is 8.03. The van der Waals surface area contributed by atoms with Crippen LogP contribution in [-0.2, 0) is 16.1 Å². The Kier molecular flexibility index (Phi) is 5.80. The van der Waals surface area contributed by atoms with Crippen molar-refractivity contribution in [2.75, 3.05) is 20.3 Å². The quantitative estimate of drug-likeness (QED) is 0.864. The van der Waals surface area contributed by atoms with E-state index in [4.69, 9.17) is 9.84 Å². The van der Waals surface area contributed by atoms with Gasteiger partial charge in [-0.15, -0.1) is 11.3 Å². The molecular weight excluding hydrogens is 286 g/mol. The molecule has 2 rings (SSSR count). The minimum Gasteiger partial charge on any atom is -0.395 e. The van der Waals surface area contributed by atoms with Gasteiger partial charge in [0, 0.05) is 35.9 Å². The van der Waals surface area contributed by atoms with Crippen LogP contribution >= 0.6 is 11.3 Å². The highest BCUT2D eigenvalue weighted by atomic mass is 32.1. The fraction of sp³-hybridized carbons (Fsp3) is 0.562. The summed E-state index contributed by atoms with van der Waals surface area (Å²) in [5, 5.41) is 10.7. The molecule has 1 aromatic heterocycles. The van der Waals surface area contributed by atoms with Gasteiger partial charge in [-0.05, 0) is 18.4 Å². The van der Waals surface area contributed by atoms with Crippen LogP contribution in [0.2, 0.25) is 0 Å². The van der Waals surface area contributed by atoms with Crippen molar-refractivity contribution in [1.82, 2.24) is 4.90 Å². The van der Waals surface area contributed by atoms with Gasteiger partial charge in [-0.1, -0.05) is 18.8 Å². The van der Waals surface area contributed by atoms with Gasteiger partial charge in [0.15, 0.2) is 0 Å². The number of hydrogen-bond donors (Lipinski definition) is 1. The third kappa shape index (κ3) is 4.31. The number of aliphatic hydroxyl groups is 1. The molecule has 1 amide bonds. The molecule has 1 fully saturated rings. The lowest BCUT2D eigenvalue weighted by Crippen LogP contribution is -2.38. The number of likely N-dealkylation sites (N-methyl/N-ethyl adjacent to an activating group) is 1. The predicted octanol–water partition coefficient (Wildman–Crippen LogP) is 1.87. The van der Waals surface area contributed by atoms with Crippen molar-refractivity contribution in [1.29, 1.82) is 0 Å². The highest BCUT2D eigenvalue weighted by molar-refractivity contribution is 7.10. The molecule has 0 spiro atoms. The van der Waals surface area contributed by atoms with Crippen LogP contribution in [0, 0.1) is 17.8 Å². The van der Waals surface area contributed by atoms with Gasteiger partial charge in [0.25, 0.3) is 5.91 Å². The molecule has 2 atom stereocenters. The predicted molar refractivity (Wildman–Crippen MR) is 82.9 cm³/mol. The number of thiophene rings is 1. The number of carbonyl (C=O) groups excluding carboxylic acids is 1. The number of amides is 1. The maximum atomic E-state index is 12.3. The zero-order valence-electron chi connectivity index (χ0n) is 12.5. The lowest BCUT2D eigenvalue weighted by atomic mass is 10.0. The van der Waals surface area contributed by atoms with Crippen LogP contribution in [0.15, 0.2) is 11.4 Å².